The first-order chi connectivity index (χ1) is 8.77. The van der Waals surface area contributed by atoms with Gasteiger partial charge in [-0.15, -0.1) is 0 Å². The third kappa shape index (κ3) is 3.39. The molecular formula is C15H18N2O. The van der Waals surface area contributed by atoms with Gasteiger partial charge in [0.25, 0.3) is 0 Å². The lowest BCUT2D eigenvalue weighted by Gasteiger charge is -2.17. The Kier molecular flexibility index (Phi) is 4.45. The van der Waals surface area contributed by atoms with Gasteiger partial charge in [0.2, 0.25) is 0 Å². The molecule has 2 N–H and O–H groups in total. The predicted octanol–water partition coefficient (Wildman–Crippen LogP) is 2.47. The maximum Gasteiger partial charge on any atom is 0.0915 e. The SMILES string of the molecule is C[C@@H](NC[C@H](O)c1ccncc1)c1ccccc1. The second kappa shape index (κ2) is 6.28. The van der Waals surface area contributed by atoms with Crippen LogP contribution in [0, 0.1) is 0 Å². The summed E-state index contributed by atoms with van der Waals surface area (Å²) in [5.41, 5.74) is 2.11. The van der Waals surface area contributed by atoms with Gasteiger partial charge in [0.1, 0.15) is 0 Å². The largest absolute Gasteiger partial charge is 0.387 e. The molecule has 2 rings (SSSR count). The number of aliphatic hydroxyl groups excluding tert-OH is 1. The summed E-state index contributed by atoms with van der Waals surface area (Å²) >= 11 is 0. The molecule has 0 aliphatic carbocycles. The van der Waals surface area contributed by atoms with Crippen LogP contribution in [0.25, 0.3) is 0 Å². The molecule has 1 aromatic heterocycles. The lowest BCUT2D eigenvalue weighted by Crippen LogP contribution is -2.24. The van der Waals surface area contributed by atoms with Gasteiger partial charge in [0.15, 0.2) is 0 Å². The number of aromatic nitrogens is 1. The van der Waals surface area contributed by atoms with Crippen molar-refractivity contribution in [1.82, 2.24) is 10.3 Å². The zero-order chi connectivity index (χ0) is 12.8. The van der Waals surface area contributed by atoms with Crippen molar-refractivity contribution in [1.29, 1.82) is 0 Å². The second-order valence-electron chi connectivity index (χ2n) is 4.34. The highest BCUT2D eigenvalue weighted by Gasteiger charge is 2.09. The molecule has 1 aromatic carbocycles. The summed E-state index contributed by atoms with van der Waals surface area (Å²) in [5.74, 6) is 0. The lowest BCUT2D eigenvalue weighted by molar-refractivity contribution is 0.170. The molecule has 0 spiro atoms. The van der Waals surface area contributed by atoms with E-state index >= 15 is 0 Å². The molecule has 2 aromatic rings. The fraction of sp³-hybridized carbons (Fsp3) is 0.267. The molecule has 0 aliphatic rings. The Bertz CT molecular complexity index is 413. The van der Waals surface area contributed by atoms with Gasteiger partial charge in [0.05, 0.1) is 6.10 Å². The Morgan fingerprint density at radius 3 is 2.39 bits per heavy atom. The Morgan fingerprint density at radius 2 is 1.72 bits per heavy atom. The number of rotatable bonds is 5. The summed E-state index contributed by atoms with van der Waals surface area (Å²) in [6.07, 6.45) is 2.89. The third-order valence-corrected chi connectivity index (χ3v) is 3.01. The van der Waals surface area contributed by atoms with Gasteiger partial charge in [-0.1, -0.05) is 30.3 Å². The molecule has 3 nitrogen and oxygen atoms in total. The van der Waals surface area contributed by atoms with Crippen LogP contribution >= 0.6 is 0 Å². The summed E-state index contributed by atoms with van der Waals surface area (Å²) < 4.78 is 0. The molecule has 0 aliphatic heterocycles. The first-order valence-corrected chi connectivity index (χ1v) is 6.13. The Hall–Kier alpha value is -1.71. The highest BCUT2D eigenvalue weighted by molar-refractivity contribution is 5.18. The van der Waals surface area contributed by atoms with E-state index in [1.165, 1.54) is 5.56 Å². The summed E-state index contributed by atoms with van der Waals surface area (Å²) in [4.78, 5) is 3.94. The predicted molar refractivity (Wildman–Crippen MR) is 72.1 cm³/mol. The van der Waals surface area contributed by atoms with Crippen molar-refractivity contribution in [2.45, 2.75) is 19.1 Å². The molecule has 94 valence electrons. The first-order valence-electron chi connectivity index (χ1n) is 6.13. The van der Waals surface area contributed by atoms with Gasteiger partial charge in [-0.2, -0.15) is 0 Å². The van der Waals surface area contributed by atoms with Gasteiger partial charge in [-0.25, -0.2) is 0 Å². The quantitative estimate of drug-likeness (QED) is 0.846. The number of nitrogens with zero attached hydrogens (tertiary/aromatic N) is 1. The van der Waals surface area contributed by atoms with Gasteiger partial charge in [0, 0.05) is 25.0 Å². The minimum Gasteiger partial charge on any atom is -0.387 e. The molecule has 2 atom stereocenters. The van der Waals surface area contributed by atoms with Crippen LogP contribution in [0.2, 0.25) is 0 Å². The zero-order valence-corrected chi connectivity index (χ0v) is 10.5. The van der Waals surface area contributed by atoms with E-state index in [9.17, 15) is 5.11 Å². The summed E-state index contributed by atoms with van der Waals surface area (Å²) in [5, 5.41) is 13.4. The van der Waals surface area contributed by atoms with Crippen LogP contribution in [-0.4, -0.2) is 16.6 Å². The van der Waals surface area contributed by atoms with Gasteiger partial charge in [-0.05, 0) is 30.2 Å². The van der Waals surface area contributed by atoms with Crippen LogP contribution in [0.15, 0.2) is 54.9 Å². The standard InChI is InChI=1S/C15H18N2O/c1-12(13-5-3-2-4-6-13)17-11-15(18)14-7-9-16-10-8-14/h2-10,12,15,17-18H,11H2,1H3/t12-,15+/m1/s1. The molecule has 0 saturated heterocycles. The maximum atomic E-state index is 10.0. The maximum absolute atomic E-state index is 10.0. The second-order valence-corrected chi connectivity index (χ2v) is 4.34. The summed E-state index contributed by atoms with van der Waals surface area (Å²) in [6, 6.07) is 14.1. The van der Waals surface area contributed by atoms with E-state index in [0.29, 0.717) is 6.54 Å². The Balaban J connectivity index is 1.89. The first kappa shape index (κ1) is 12.7. The number of hydrogen-bond donors (Lipinski definition) is 2. The molecule has 0 fully saturated rings. The zero-order valence-electron chi connectivity index (χ0n) is 10.5. The van der Waals surface area contributed by atoms with Crippen molar-refractivity contribution in [3.63, 3.8) is 0 Å². The van der Waals surface area contributed by atoms with E-state index in [1.807, 2.05) is 30.3 Å². The molecule has 3 heteroatoms. The van der Waals surface area contributed by atoms with Gasteiger partial charge < -0.3 is 10.4 Å². The number of benzene rings is 1. The van der Waals surface area contributed by atoms with E-state index in [-0.39, 0.29) is 6.04 Å². The van der Waals surface area contributed by atoms with Crippen LogP contribution in [-0.2, 0) is 0 Å². The van der Waals surface area contributed by atoms with Crippen molar-refractivity contribution in [2.75, 3.05) is 6.54 Å². The van der Waals surface area contributed by atoms with Crippen LogP contribution in [0.3, 0.4) is 0 Å². The van der Waals surface area contributed by atoms with Crippen LogP contribution < -0.4 is 5.32 Å². The average molecular weight is 242 g/mol. The monoisotopic (exact) mass is 242 g/mol. The minimum atomic E-state index is -0.501. The van der Waals surface area contributed by atoms with E-state index in [4.69, 9.17) is 0 Å². The molecule has 0 saturated carbocycles. The molecule has 0 unspecified atom stereocenters. The molecule has 0 bridgehead atoms. The molecule has 0 amide bonds. The van der Waals surface area contributed by atoms with E-state index in [1.54, 1.807) is 12.4 Å². The van der Waals surface area contributed by atoms with Crippen LogP contribution in [0.5, 0.6) is 0 Å². The van der Waals surface area contributed by atoms with Crippen molar-refractivity contribution >= 4 is 0 Å². The molecule has 18 heavy (non-hydrogen) atoms. The summed E-state index contributed by atoms with van der Waals surface area (Å²) in [7, 11) is 0. The van der Waals surface area contributed by atoms with E-state index in [2.05, 4.69) is 29.4 Å². The third-order valence-electron chi connectivity index (χ3n) is 3.01. The fourth-order valence-electron chi connectivity index (χ4n) is 1.85. The molecule has 0 radical (unpaired) electrons. The molecular weight excluding hydrogens is 224 g/mol. The number of pyridine rings is 1. The van der Waals surface area contributed by atoms with E-state index < -0.39 is 6.10 Å². The smallest absolute Gasteiger partial charge is 0.0915 e. The van der Waals surface area contributed by atoms with Gasteiger partial charge >= 0.3 is 0 Å². The van der Waals surface area contributed by atoms with E-state index in [0.717, 1.165) is 5.56 Å². The average Bonchev–Trinajstić information content (AvgIpc) is 2.46. The highest BCUT2D eigenvalue weighted by atomic mass is 16.3. The number of hydrogen-bond acceptors (Lipinski definition) is 3. The van der Waals surface area contributed by atoms with Crippen molar-refractivity contribution < 1.29 is 5.11 Å². The van der Waals surface area contributed by atoms with Crippen LogP contribution in [0.4, 0.5) is 0 Å². The molecule has 1 heterocycles. The summed E-state index contributed by atoms with van der Waals surface area (Å²) in [6.45, 7) is 2.62. The fourth-order valence-corrected chi connectivity index (χ4v) is 1.85. The lowest BCUT2D eigenvalue weighted by atomic mass is 10.1. The number of aliphatic hydroxyl groups is 1. The Morgan fingerprint density at radius 1 is 1.06 bits per heavy atom. The van der Waals surface area contributed by atoms with Crippen molar-refractivity contribution in [3.8, 4) is 0 Å². The van der Waals surface area contributed by atoms with Gasteiger partial charge in [-0.3, -0.25) is 4.98 Å². The highest BCUT2D eigenvalue weighted by Crippen LogP contribution is 2.14. The minimum absolute atomic E-state index is 0.225. The van der Waals surface area contributed by atoms with Crippen molar-refractivity contribution in [3.05, 3.63) is 66.0 Å². The Labute approximate surface area is 108 Å². The van der Waals surface area contributed by atoms with Crippen molar-refractivity contribution in [2.24, 2.45) is 0 Å². The normalized spacial score (nSPS) is 14.1. The topological polar surface area (TPSA) is 45.1 Å². The van der Waals surface area contributed by atoms with Crippen LogP contribution in [0.1, 0.15) is 30.2 Å². The number of nitrogens with one attached hydrogen (secondary N) is 1.